The molecule has 2 aliphatic rings. The lowest BCUT2D eigenvalue weighted by atomic mass is 9.96. The monoisotopic (exact) mass is 470 g/mol. The lowest BCUT2D eigenvalue weighted by Crippen LogP contribution is -2.53. The molecular weight excluding hydrogens is 448 g/mol. The number of piperazine rings is 1. The van der Waals surface area contributed by atoms with Gasteiger partial charge in [-0.1, -0.05) is 18.2 Å². The fraction of sp³-hybridized carbons (Fsp3) is 0.476. The summed E-state index contributed by atoms with van der Waals surface area (Å²) in [5, 5.41) is 0. The van der Waals surface area contributed by atoms with Crippen molar-refractivity contribution in [2.45, 2.75) is 25.1 Å². The number of anilines is 1. The van der Waals surface area contributed by atoms with Gasteiger partial charge in [0.2, 0.25) is 11.9 Å². The lowest BCUT2D eigenvalue weighted by molar-refractivity contribution is -0.139. The first-order valence-corrected chi connectivity index (χ1v) is 11.8. The minimum absolute atomic E-state index is 0.0968. The van der Waals surface area contributed by atoms with E-state index in [1.165, 1.54) is 6.07 Å². The van der Waals surface area contributed by atoms with Crippen molar-refractivity contribution in [1.29, 1.82) is 0 Å². The molecule has 1 atom stereocenters. The number of nitrogens with zero attached hydrogens (tertiary/aromatic N) is 4. The second kappa shape index (κ2) is 9.13. The Bertz CT molecular complexity index is 992. The number of benzene rings is 1. The molecule has 172 valence electrons. The maximum Gasteiger partial charge on any atom is 0.419 e. The molecule has 4 rings (SSSR count). The van der Waals surface area contributed by atoms with Gasteiger partial charge in [-0.25, -0.2) is 14.4 Å². The van der Waals surface area contributed by atoms with Crippen molar-refractivity contribution in [3.63, 3.8) is 0 Å². The quantitative estimate of drug-likeness (QED) is 0.645. The highest BCUT2D eigenvalue weighted by molar-refractivity contribution is 7.85. The minimum Gasteiger partial charge on any atom is -0.337 e. The van der Waals surface area contributed by atoms with Gasteiger partial charge < -0.3 is 9.80 Å². The third-order valence-corrected chi connectivity index (χ3v) is 7.30. The molecule has 1 aromatic heterocycles. The summed E-state index contributed by atoms with van der Waals surface area (Å²) in [7, 11) is -0.905. The summed E-state index contributed by atoms with van der Waals surface area (Å²) in [6.45, 7) is 0.708. The molecule has 3 heterocycles. The zero-order valence-corrected chi connectivity index (χ0v) is 17.9. The van der Waals surface area contributed by atoms with E-state index in [4.69, 9.17) is 0 Å². The SMILES string of the molecule is O=C(C1CCS(=O)CC1)N1CCN(c2ncc(C(F)(F)F)cn2)CC1c1ccccc1F. The maximum atomic E-state index is 14.7. The number of alkyl halides is 3. The zero-order valence-electron chi connectivity index (χ0n) is 17.1. The Labute approximate surface area is 185 Å². The number of aromatic nitrogens is 2. The average molecular weight is 470 g/mol. The predicted molar refractivity (Wildman–Crippen MR) is 111 cm³/mol. The number of hydrogen-bond acceptors (Lipinski definition) is 5. The molecular formula is C21H22F4N4O2S. The van der Waals surface area contributed by atoms with Crippen LogP contribution in [0.3, 0.4) is 0 Å². The van der Waals surface area contributed by atoms with Gasteiger partial charge in [-0.15, -0.1) is 0 Å². The highest BCUT2D eigenvalue weighted by Crippen LogP contribution is 2.33. The van der Waals surface area contributed by atoms with Crippen LogP contribution in [-0.2, 0) is 21.8 Å². The number of rotatable bonds is 3. The largest absolute Gasteiger partial charge is 0.419 e. The Morgan fingerprint density at radius 2 is 1.72 bits per heavy atom. The highest BCUT2D eigenvalue weighted by Gasteiger charge is 2.38. The van der Waals surface area contributed by atoms with E-state index in [-0.39, 0.29) is 30.9 Å². The van der Waals surface area contributed by atoms with Gasteiger partial charge >= 0.3 is 6.18 Å². The molecule has 0 N–H and O–H groups in total. The molecule has 2 saturated heterocycles. The first-order valence-electron chi connectivity index (χ1n) is 10.3. The number of halogens is 4. The Morgan fingerprint density at radius 3 is 2.34 bits per heavy atom. The molecule has 1 unspecified atom stereocenters. The van der Waals surface area contributed by atoms with Crippen LogP contribution in [0.15, 0.2) is 36.7 Å². The standard InChI is InChI=1S/C21H22F4N4O2S/c22-17-4-2-1-3-16(17)18-13-28(20-26-11-15(12-27-20)21(23,24)25)7-8-29(18)19(30)14-5-9-32(31)10-6-14/h1-4,11-12,14,18H,5-10,13H2. The molecule has 0 aliphatic carbocycles. The van der Waals surface area contributed by atoms with E-state index in [9.17, 15) is 26.6 Å². The summed E-state index contributed by atoms with van der Waals surface area (Å²) in [6, 6.07) is 5.51. The Morgan fingerprint density at radius 1 is 1.06 bits per heavy atom. The Hall–Kier alpha value is -2.56. The lowest BCUT2D eigenvalue weighted by Gasteiger charge is -2.43. The molecule has 32 heavy (non-hydrogen) atoms. The van der Waals surface area contributed by atoms with Crippen LogP contribution < -0.4 is 4.90 Å². The zero-order chi connectivity index (χ0) is 22.9. The van der Waals surface area contributed by atoms with Crippen molar-refractivity contribution in [1.82, 2.24) is 14.9 Å². The predicted octanol–water partition coefficient (Wildman–Crippen LogP) is 3.18. The van der Waals surface area contributed by atoms with E-state index in [1.54, 1.807) is 28.0 Å². The van der Waals surface area contributed by atoms with Crippen molar-refractivity contribution >= 4 is 22.7 Å². The third kappa shape index (κ3) is 4.77. The van der Waals surface area contributed by atoms with E-state index in [1.807, 2.05) is 0 Å². The van der Waals surface area contributed by atoms with Gasteiger partial charge in [-0.3, -0.25) is 9.00 Å². The van der Waals surface area contributed by atoms with Crippen LogP contribution in [0.2, 0.25) is 0 Å². The van der Waals surface area contributed by atoms with Crippen LogP contribution in [0.5, 0.6) is 0 Å². The van der Waals surface area contributed by atoms with Crippen molar-refractivity contribution in [2.75, 3.05) is 36.0 Å². The highest BCUT2D eigenvalue weighted by atomic mass is 32.2. The van der Waals surface area contributed by atoms with Gasteiger partial charge in [0.1, 0.15) is 5.82 Å². The van der Waals surface area contributed by atoms with Crippen LogP contribution >= 0.6 is 0 Å². The molecule has 6 nitrogen and oxygen atoms in total. The van der Waals surface area contributed by atoms with Gasteiger partial charge in [-0.2, -0.15) is 13.2 Å². The minimum atomic E-state index is -4.54. The van der Waals surface area contributed by atoms with Crippen LogP contribution in [0.1, 0.15) is 30.0 Å². The second-order valence-electron chi connectivity index (χ2n) is 7.91. The summed E-state index contributed by atoms with van der Waals surface area (Å²) in [5.74, 6) is 0.203. The molecule has 0 bridgehead atoms. The van der Waals surface area contributed by atoms with E-state index in [0.717, 1.165) is 12.4 Å². The smallest absolute Gasteiger partial charge is 0.337 e. The van der Waals surface area contributed by atoms with Gasteiger partial charge in [0, 0.05) is 65.8 Å². The van der Waals surface area contributed by atoms with Crippen molar-refractivity contribution in [3.8, 4) is 0 Å². The van der Waals surface area contributed by atoms with E-state index in [0.29, 0.717) is 36.5 Å². The van der Waals surface area contributed by atoms with E-state index >= 15 is 0 Å². The molecule has 0 spiro atoms. The Balaban J connectivity index is 1.59. The van der Waals surface area contributed by atoms with Gasteiger partial charge in [0.05, 0.1) is 11.6 Å². The number of carbonyl (C=O) groups excluding carboxylic acids is 1. The summed E-state index contributed by atoms with van der Waals surface area (Å²) in [6.07, 6.45) is -2.04. The van der Waals surface area contributed by atoms with E-state index in [2.05, 4.69) is 9.97 Å². The molecule has 11 heteroatoms. The molecule has 0 radical (unpaired) electrons. The normalized spacial score (nSPS) is 24.4. The summed E-state index contributed by atoms with van der Waals surface area (Å²) in [5.41, 5.74) is -0.618. The van der Waals surface area contributed by atoms with Crippen molar-refractivity contribution in [2.24, 2.45) is 5.92 Å². The van der Waals surface area contributed by atoms with Crippen molar-refractivity contribution in [3.05, 3.63) is 53.6 Å². The van der Waals surface area contributed by atoms with Crippen LogP contribution in [-0.4, -0.2) is 56.1 Å². The molecule has 2 aromatic rings. The number of carbonyl (C=O) groups is 1. The molecule has 2 fully saturated rings. The van der Waals surface area contributed by atoms with Gasteiger partial charge in [0.15, 0.2) is 0 Å². The maximum absolute atomic E-state index is 14.7. The first-order chi connectivity index (χ1) is 15.2. The number of hydrogen-bond donors (Lipinski definition) is 0. The van der Waals surface area contributed by atoms with Crippen molar-refractivity contribution < 1.29 is 26.6 Å². The number of amides is 1. The van der Waals surface area contributed by atoms with Gasteiger partial charge in [0.25, 0.3) is 0 Å². The first kappa shape index (κ1) is 22.6. The van der Waals surface area contributed by atoms with E-state index < -0.39 is 34.4 Å². The molecule has 2 aliphatic heterocycles. The van der Waals surface area contributed by atoms with Crippen LogP contribution in [0.4, 0.5) is 23.5 Å². The third-order valence-electron chi connectivity index (χ3n) is 5.91. The Kier molecular flexibility index (Phi) is 6.45. The average Bonchev–Trinajstić information content (AvgIpc) is 2.79. The summed E-state index contributed by atoms with van der Waals surface area (Å²) in [4.78, 5) is 24.3. The summed E-state index contributed by atoms with van der Waals surface area (Å²) < 4.78 is 64.8. The fourth-order valence-corrected chi connectivity index (χ4v) is 5.45. The fourth-order valence-electron chi connectivity index (χ4n) is 4.15. The van der Waals surface area contributed by atoms with Crippen LogP contribution in [0.25, 0.3) is 0 Å². The molecule has 1 amide bonds. The summed E-state index contributed by atoms with van der Waals surface area (Å²) >= 11 is 0. The van der Waals surface area contributed by atoms with Crippen LogP contribution in [0, 0.1) is 11.7 Å². The van der Waals surface area contributed by atoms with Gasteiger partial charge in [-0.05, 0) is 18.9 Å². The molecule has 0 saturated carbocycles. The topological polar surface area (TPSA) is 66.4 Å². The molecule has 1 aromatic carbocycles. The second-order valence-corrected chi connectivity index (χ2v) is 9.60.